The van der Waals surface area contributed by atoms with Crippen molar-refractivity contribution in [3.05, 3.63) is 0 Å². The smallest absolute Gasteiger partial charge is 0.0968 e. The van der Waals surface area contributed by atoms with Crippen LogP contribution in [0.5, 0.6) is 0 Å². The van der Waals surface area contributed by atoms with Crippen molar-refractivity contribution in [2.45, 2.75) is 43.8 Å². The zero-order valence-electron chi connectivity index (χ0n) is 8.74. The van der Waals surface area contributed by atoms with Crippen LogP contribution in [0.1, 0.15) is 38.5 Å². The molecule has 0 aromatic carbocycles. The monoisotopic (exact) mass is 212 g/mol. The standard InChI is InChI=1S/C11H20N2S/c12-11(9-4-1-2-5-9)13-8-10-6-3-7-14-10/h9-10H,1-8H2,(H2,12,13). The molecule has 0 radical (unpaired) electrons. The zero-order valence-corrected chi connectivity index (χ0v) is 9.56. The van der Waals surface area contributed by atoms with Gasteiger partial charge in [-0.1, -0.05) is 12.8 Å². The summed E-state index contributed by atoms with van der Waals surface area (Å²) in [4.78, 5) is 4.56. The Bertz CT molecular complexity index is 203. The van der Waals surface area contributed by atoms with Gasteiger partial charge in [0.25, 0.3) is 0 Å². The number of nitrogens with two attached hydrogens (primary N) is 1. The number of hydrogen-bond acceptors (Lipinski definition) is 2. The fourth-order valence-electron chi connectivity index (χ4n) is 2.35. The molecule has 2 aliphatic rings. The van der Waals surface area contributed by atoms with Gasteiger partial charge in [0.1, 0.15) is 0 Å². The lowest BCUT2D eigenvalue weighted by Crippen LogP contribution is -2.22. The molecule has 2 N–H and O–H groups in total. The van der Waals surface area contributed by atoms with Gasteiger partial charge in [-0.05, 0) is 31.4 Å². The first kappa shape index (κ1) is 10.3. The van der Waals surface area contributed by atoms with E-state index in [0.29, 0.717) is 5.92 Å². The van der Waals surface area contributed by atoms with Crippen molar-refractivity contribution in [1.82, 2.24) is 0 Å². The average molecular weight is 212 g/mol. The molecule has 1 aliphatic heterocycles. The molecular weight excluding hydrogens is 192 g/mol. The summed E-state index contributed by atoms with van der Waals surface area (Å²) < 4.78 is 0. The summed E-state index contributed by atoms with van der Waals surface area (Å²) in [7, 11) is 0. The Kier molecular flexibility index (Phi) is 3.74. The van der Waals surface area contributed by atoms with Crippen LogP contribution in [0.3, 0.4) is 0 Å². The maximum Gasteiger partial charge on any atom is 0.0968 e. The zero-order chi connectivity index (χ0) is 9.80. The van der Waals surface area contributed by atoms with Crippen LogP contribution in [-0.4, -0.2) is 23.4 Å². The Morgan fingerprint density at radius 3 is 2.64 bits per heavy atom. The number of rotatable bonds is 3. The van der Waals surface area contributed by atoms with Gasteiger partial charge in [0.05, 0.1) is 12.4 Å². The Balaban J connectivity index is 1.77. The molecule has 0 aromatic heterocycles. The van der Waals surface area contributed by atoms with Crippen molar-refractivity contribution >= 4 is 17.6 Å². The van der Waals surface area contributed by atoms with Crippen molar-refractivity contribution in [1.29, 1.82) is 0 Å². The third-order valence-electron chi connectivity index (χ3n) is 3.27. The minimum Gasteiger partial charge on any atom is -0.387 e. The van der Waals surface area contributed by atoms with Gasteiger partial charge in [0, 0.05) is 11.2 Å². The Hall–Kier alpha value is -0.180. The summed E-state index contributed by atoms with van der Waals surface area (Å²) in [6.07, 6.45) is 7.94. The molecule has 3 heteroatoms. The molecule has 2 rings (SSSR count). The van der Waals surface area contributed by atoms with Gasteiger partial charge in [-0.3, -0.25) is 4.99 Å². The Morgan fingerprint density at radius 2 is 2.00 bits per heavy atom. The molecule has 0 aromatic rings. The van der Waals surface area contributed by atoms with Crippen LogP contribution in [0, 0.1) is 5.92 Å². The van der Waals surface area contributed by atoms with E-state index < -0.39 is 0 Å². The summed E-state index contributed by atoms with van der Waals surface area (Å²) >= 11 is 2.06. The maximum absolute atomic E-state index is 6.00. The molecule has 1 unspecified atom stereocenters. The van der Waals surface area contributed by atoms with Gasteiger partial charge in [-0.25, -0.2) is 0 Å². The van der Waals surface area contributed by atoms with Gasteiger partial charge < -0.3 is 5.73 Å². The SMILES string of the molecule is NC(=NCC1CCCS1)C1CCCC1. The molecule has 80 valence electrons. The van der Waals surface area contributed by atoms with Crippen LogP contribution in [-0.2, 0) is 0 Å². The van der Waals surface area contributed by atoms with Gasteiger partial charge in [-0.2, -0.15) is 11.8 Å². The third kappa shape index (κ3) is 2.66. The topological polar surface area (TPSA) is 38.4 Å². The first-order valence-corrected chi connectivity index (χ1v) is 6.82. The minimum absolute atomic E-state index is 0.612. The van der Waals surface area contributed by atoms with Gasteiger partial charge >= 0.3 is 0 Å². The number of hydrogen-bond donors (Lipinski definition) is 1. The molecule has 0 amide bonds. The van der Waals surface area contributed by atoms with Crippen LogP contribution in [0.2, 0.25) is 0 Å². The molecule has 1 aliphatic carbocycles. The second-order valence-corrected chi connectivity index (χ2v) is 5.79. The van der Waals surface area contributed by atoms with E-state index in [1.54, 1.807) is 0 Å². The molecule has 1 saturated carbocycles. The lowest BCUT2D eigenvalue weighted by atomic mass is 10.1. The van der Waals surface area contributed by atoms with Crippen LogP contribution in [0.15, 0.2) is 4.99 Å². The molecule has 0 bridgehead atoms. The fourth-order valence-corrected chi connectivity index (χ4v) is 3.53. The van der Waals surface area contributed by atoms with Crippen molar-refractivity contribution in [2.24, 2.45) is 16.6 Å². The van der Waals surface area contributed by atoms with E-state index in [2.05, 4.69) is 16.8 Å². The quantitative estimate of drug-likeness (QED) is 0.576. The molecule has 1 saturated heterocycles. The van der Waals surface area contributed by atoms with Crippen LogP contribution < -0.4 is 5.73 Å². The van der Waals surface area contributed by atoms with Crippen molar-refractivity contribution in [3.63, 3.8) is 0 Å². The van der Waals surface area contributed by atoms with E-state index >= 15 is 0 Å². The van der Waals surface area contributed by atoms with E-state index in [9.17, 15) is 0 Å². The number of aliphatic imine (C=N–C) groups is 1. The highest BCUT2D eigenvalue weighted by Crippen LogP contribution is 2.27. The largest absolute Gasteiger partial charge is 0.387 e. The molecular formula is C11H20N2S. The highest BCUT2D eigenvalue weighted by molar-refractivity contribution is 8.00. The number of nitrogens with zero attached hydrogens (tertiary/aromatic N) is 1. The minimum atomic E-state index is 0.612. The lowest BCUT2D eigenvalue weighted by molar-refractivity contribution is 0.708. The van der Waals surface area contributed by atoms with Crippen LogP contribution in [0.25, 0.3) is 0 Å². The first-order valence-electron chi connectivity index (χ1n) is 5.77. The Labute approximate surface area is 90.7 Å². The lowest BCUT2D eigenvalue weighted by Gasteiger charge is -2.10. The normalized spacial score (nSPS) is 30.0. The van der Waals surface area contributed by atoms with Crippen LogP contribution in [0.4, 0.5) is 0 Å². The highest BCUT2D eigenvalue weighted by atomic mass is 32.2. The van der Waals surface area contributed by atoms with E-state index in [1.807, 2.05) is 0 Å². The number of amidine groups is 1. The second kappa shape index (κ2) is 5.06. The fraction of sp³-hybridized carbons (Fsp3) is 0.909. The molecule has 1 atom stereocenters. The van der Waals surface area contributed by atoms with Crippen LogP contribution >= 0.6 is 11.8 Å². The molecule has 1 heterocycles. The van der Waals surface area contributed by atoms with Crippen molar-refractivity contribution < 1.29 is 0 Å². The first-order chi connectivity index (χ1) is 6.86. The molecule has 0 spiro atoms. The van der Waals surface area contributed by atoms with E-state index in [1.165, 1.54) is 44.3 Å². The predicted molar refractivity (Wildman–Crippen MR) is 63.9 cm³/mol. The summed E-state index contributed by atoms with van der Waals surface area (Å²) in [5, 5.41) is 0.759. The average Bonchev–Trinajstić information content (AvgIpc) is 2.87. The molecule has 2 nitrogen and oxygen atoms in total. The maximum atomic E-state index is 6.00. The summed E-state index contributed by atoms with van der Waals surface area (Å²) in [5.41, 5.74) is 6.00. The summed E-state index contributed by atoms with van der Waals surface area (Å²) in [6, 6.07) is 0. The molecule has 14 heavy (non-hydrogen) atoms. The van der Waals surface area contributed by atoms with Gasteiger partial charge in [0.15, 0.2) is 0 Å². The number of thioether (sulfide) groups is 1. The Morgan fingerprint density at radius 1 is 1.21 bits per heavy atom. The van der Waals surface area contributed by atoms with E-state index in [0.717, 1.165) is 17.6 Å². The summed E-state index contributed by atoms with van der Waals surface area (Å²) in [6.45, 7) is 0.965. The predicted octanol–water partition coefficient (Wildman–Crippen LogP) is 2.43. The third-order valence-corrected chi connectivity index (χ3v) is 4.66. The van der Waals surface area contributed by atoms with E-state index in [4.69, 9.17) is 5.73 Å². The van der Waals surface area contributed by atoms with Crippen molar-refractivity contribution in [3.8, 4) is 0 Å². The van der Waals surface area contributed by atoms with Gasteiger partial charge in [0.2, 0.25) is 0 Å². The molecule has 2 fully saturated rings. The van der Waals surface area contributed by atoms with Crippen molar-refractivity contribution in [2.75, 3.05) is 12.3 Å². The highest BCUT2D eigenvalue weighted by Gasteiger charge is 2.19. The van der Waals surface area contributed by atoms with E-state index in [-0.39, 0.29) is 0 Å². The summed E-state index contributed by atoms with van der Waals surface area (Å²) in [5.74, 6) is 2.88. The van der Waals surface area contributed by atoms with Gasteiger partial charge in [-0.15, -0.1) is 0 Å². The second-order valence-electron chi connectivity index (χ2n) is 4.38.